The summed E-state index contributed by atoms with van der Waals surface area (Å²) in [6, 6.07) is 14.1. The van der Waals surface area contributed by atoms with Crippen LogP contribution < -0.4 is 10.2 Å². The average molecular weight is 426 g/mol. The molecule has 5 heteroatoms. The molecule has 0 saturated heterocycles. The zero-order valence-electron chi connectivity index (χ0n) is 12.5. The van der Waals surface area contributed by atoms with Crippen LogP contribution in [0.25, 0.3) is 0 Å². The molecule has 0 heterocycles. The molecule has 3 nitrogen and oxygen atoms in total. The number of benzene rings is 2. The highest BCUT2D eigenvalue weighted by atomic mass is 79.9. The van der Waals surface area contributed by atoms with Crippen molar-refractivity contribution < 1.29 is 4.74 Å². The van der Waals surface area contributed by atoms with Crippen molar-refractivity contribution in [3.05, 3.63) is 62.5 Å². The number of halogens is 2. The Balaban J connectivity index is 1.99. The number of ether oxygens (including phenoxy) is 1. The minimum Gasteiger partial charge on any atom is -0.489 e. The summed E-state index contributed by atoms with van der Waals surface area (Å²) in [5.41, 5.74) is 5.22. The van der Waals surface area contributed by atoms with Gasteiger partial charge in [-0.3, -0.25) is 0 Å². The molecular weight excluding hydrogens is 408 g/mol. The van der Waals surface area contributed by atoms with E-state index in [9.17, 15) is 0 Å². The second-order valence-corrected chi connectivity index (χ2v) is 6.77. The van der Waals surface area contributed by atoms with Crippen LogP contribution in [0.5, 0.6) is 5.75 Å². The standard InChI is InChI=1S/C17H18Br2N2O/c1-12(2)22-17-15(18)8-14(9-16(17)19)11-21-20-10-13-6-4-3-5-7-13/h3-9,11-12,20H,10H2,1-2H3. The van der Waals surface area contributed by atoms with Gasteiger partial charge in [0.25, 0.3) is 0 Å². The van der Waals surface area contributed by atoms with Crippen LogP contribution in [-0.2, 0) is 6.54 Å². The third kappa shape index (κ3) is 5.14. The molecule has 2 rings (SSSR count). The summed E-state index contributed by atoms with van der Waals surface area (Å²) in [5.74, 6) is 0.810. The van der Waals surface area contributed by atoms with Crippen molar-refractivity contribution in [3.8, 4) is 5.75 Å². The molecule has 0 bridgehead atoms. The molecule has 0 fully saturated rings. The van der Waals surface area contributed by atoms with Gasteiger partial charge >= 0.3 is 0 Å². The SMILES string of the molecule is CC(C)Oc1c(Br)cc(C=NNCc2ccccc2)cc1Br. The van der Waals surface area contributed by atoms with Gasteiger partial charge in [-0.25, -0.2) is 0 Å². The van der Waals surface area contributed by atoms with E-state index < -0.39 is 0 Å². The van der Waals surface area contributed by atoms with Crippen LogP contribution in [0.1, 0.15) is 25.0 Å². The summed E-state index contributed by atoms with van der Waals surface area (Å²) in [6.07, 6.45) is 1.91. The Morgan fingerprint density at radius 2 is 1.77 bits per heavy atom. The molecule has 0 spiro atoms. The molecule has 2 aromatic carbocycles. The van der Waals surface area contributed by atoms with Crippen LogP contribution in [-0.4, -0.2) is 12.3 Å². The van der Waals surface area contributed by atoms with E-state index in [0.717, 1.165) is 20.3 Å². The first-order valence-corrected chi connectivity index (χ1v) is 8.60. The molecule has 0 aliphatic rings. The molecule has 0 aromatic heterocycles. The van der Waals surface area contributed by atoms with Gasteiger partial charge < -0.3 is 10.2 Å². The van der Waals surface area contributed by atoms with E-state index in [1.807, 2.05) is 44.2 Å². The predicted octanol–water partition coefficient (Wildman–Crippen LogP) is 5.12. The highest BCUT2D eigenvalue weighted by molar-refractivity contribution is 9.11. The maximum Gasteiger partial charge on any atom is 0.148 e. The van der Waals surface area contributed by atoms with Crippen LogP contribution in [0, 0.1) is 0 Å². The lowest BCUT2D eigenvalue weighted by Crippen LogP contribution is -2.07. The van der Waals surface area contributed by atoms with Gasteiger partial charge in [0.2, 0.25) is 0 Å². The van der Waals surface area contributed by atoms with Gasteiger partial charge in [0, 0.05) is 0 Å². The summed E-state index contributed by atoms with van der Waals surface area (Å²) in [7, 11) is 0. The Kier molecular flexibility index (Phi) is 6.46. The third-order valence-electron chi connectivity index (χ3n) is 2.81. The second kappa shape index (κ2) is 8.34. The van der Waals surface area contributed by atoms with Crippen molar-refractivity contribution in [2.24, 2.45) is 5.10 Å². The van der Waals surface area contributed by atoms with Gasteiger partial charge in [-0.15, -0.1) is 0 Å². The zero-order chi connectivity index (χ0) is 15.9. The van der Waals surface area contributed by atoms with E-state index in [1.165, 1.54) is 5.56 Å². The normalized spacial score (nSPS) is 11.1. The summed E-state index contributed by atoms with van der Waals surface area (Å²) in [6.45, 7) is 4.71. The van der Waals surface area contributed by atoms with E-state index in [-0.39, 0.29) is 6.10 Å². The molecule has 0 aliphatic heterocycles. The minimum absolute atomic E-state index is 0.125. The van der Waals surface area contributed by atoms with Crippen LogP contribution in [0.2, 0.25) is 0 Å². The molecule has 2 aromatic rings. The number of hydrogen-bond donors (Lipinski definition) is 1. The number of nitrogens with one attached hydrogen (secondary N) is 1. The Morgan fingerprint density at radius 1 is 1.14 bits per heavy atom. The molecule has 1 N–H and O–H groups in total. The van der Waals surface area contributed by atoms with Crippen molar-refractivity contribution in [2.45, 2.75) is 26.5 Å². The molecule has 0 aliphatic carbocycles. The van der Waals surface area contributed by atoms with E-state index in [1.54, 1.807) is 6.21 Å². The smallest absolute Gasteiger partial charge is 0.148 e. The van der Waals surface area contributed by atoms with Gasteiger partial charge in [-0.1, -0.05) is 30.3 Å². The van der Waals surface area contributed by atoms with Crippen molar-refractivity contribution in [1.82, 2.24) is 5.43 Å². The van der Waals surface area contributed by atoms with Crippen molar-refractivity contribution >= 4 is 38.1 Å². The fourth-order valence-corrected chi connectivity index (χ4v) is 3.26. The van der Waals surface area contributed by atoms with E-state index in [2.05, 4.69) is 54.5 Å². The van der Waals surface area contributed by atoms with Crippen molar-refractivity contribution in [1.29, 1.82) is 0 Å². The van der Waals surface area contributed by atoms with Gasteiger partial charge in [0.15, 0.2) is 0 Å². The number of nitrogens with zero attached hydrogens (tertiary/aromatic N) is 1. The van der Waals surface area contributed by atoms with Gasteiger partial charge in [-0.2, -0.15) is 5.10 Å². The van der Waals surface area contributed by atoms with Gasteiger partial charge in [-0.05, 0) is 69.0 Å². The van der Waals surface area contributed by atoms with Crippen molar-refractivity contribution in [3.63, 3.8) is 0 Å². The first-order chi connectivity index (χ1) is 10.6. The molecule has 0 radical (unpaired) electrons. The topological polar surface area (TPSA) is 33.6 Å². The predicted molar refractivity (Wildman–Crippen MR) is 98.5 cm³/mol. The molecule has 0 atom stereocenters. The molecular formula is C17H18Br2N2O. The maximum absolute atomic E-state index is 5.76. The minimum atomic E-state index is 0.125. The summed E-state index contributed by atoms with van der Waals surface area (Å²) in [4.78, 5) is 0. The fraction of sp³-hybridized carbons (Fsp3) is 0.235. The second-order valence-electron chi connectivity index (χ2n) is 5.06. The molecule has 0 saturated carbocycles. The summed E-state index contributed by atoms with van der Waals surface area (Å²) in [5, 5.41) is 4.25. The lowest BCUT2D eigenvalue weighted by Gasteiger charge is -2.13. The molecule has 22 heavy (non-hydrogen) atoms. The number of rotatable bonds is 6. The van der Waals surface area contributed by atoms with Gasteiger partial charge in [0.05, 0.1) is 27.8 Å². The Labute approximate surface area is 148 Å². The molecule has 0 unspecified atom stereocenters. The summed E-state index contributed by atoms with van der Waals surface area (Å²) < 4.78 is 7.57. The summed E-state index contributed by atoms with van der Waals surface area (Å²) >= 11 is 7.07. The highest BCUT2D eigenvalue weighted by Gasteiger charge is 2.09. The Hall–Kier alpha value is -1.33. The van der Waals surface area contributed by atoms with Crippen LogP contribution >= 0.6 is 31.9 Å². The lowest BCUT2D eigenvalue weighted by atomic mass is 10.2. The van der Waals surface area contributed by atoms with Crippen LogP contribution in [0.3, 0.4) is 0 Å². The van der Waals surface area contributed by atoms with E-state index in [0.29, 0.717) is 6.54 Å². The molecule has 116 valence electrons. The van der Waals surface area contributed by atoms with Gasteiger partial charge in [0.1, 0.15) is 5.75 Å². The van der Waals surface area contributed by atoms with Crippen LogP contribution in [0.4, 0.5) is 0 Å². The monoisotopic (exact) mass is 424 g/mol. The largest absolute Gasteiger partial charge is 0.489 e. The van der Waals surface area contributed by atoms with Crippen LogP contribution in [0.15, 0.2) is 56.5 Å². The lowest BCUT2D eigenvalue weighted by molar-refractivity contribution is 0.239. The number of hydrogen-bond acceptors (Lipinski definition) is 3. The number of hydrazone groups is 1. The van der Waals surface area contributed by atoms with E-state index >= 15 is 0 Å². The third-order valence-corrected chi connectivity index (χ3v) is 3.98. The highest BCUT2D eigenvalue weighted by Crippen LogP contribution is 2.35. The Morgan fingerprint density at radius 3 is 2.36 bits per heavy atom. The maximum atomic E-state index is 5.76. The first kappa shape index (κ1) is 17.0. The zero-order valence-corrected chi connectivity index (χ0v) is 15.7. The first-order valence-electron chi connectivity index (χ1n) is 7.02. The quantitative estimate of drug-likeness (QED) is 0.514. The van der Waals surface area contributed by atoms with E-state index in [4.69, 9.17) is 4.74 Å². The average Bonchev–Trinajstić information content (AvgIpc) is 2.48. The fourth-order valence-electron chi connectivity index (χ4n) is 1.86. The van der Waals surface area contributed by atoms with Crippen molar-refractivity contribution in [2.75, 3.05) is 0 Å². The molecule has 0 amide bonds. The Bertz CT molecular complexity index is 619.